The molecular formula is C18H20N4O. The van der Waals surface area contributed by atoms with Crippen LogP contribution in [0.15, 0.2) is 48.5 Å². The van der Waals surface area contributed by atoms with Gasteiger partial charge in [-0.3, -0.25) is 0 Å². The van der Waals surface area contributed by atoms with Gasteiger partial charge in [-0.05, 0) is 43.2 Å². The summed E-state index contributed by atoms with van der Waals surface area (Å²) in [5.74, 6) is 0.951. The summed E-state index contributed by atoms with van der Waals surface area (Å²) in [6, 6.07) is 15.5. The average molecular weight is 308 g/mol. The number of nitrogens with one attached hydrogen (secondary N) is 3. The maximum Gasteiger partial charge on any atom is 0.319 e. The van der Waals surface area contributed by atoms with Gasteiger partial charge < -0.3 is 15.6 Å². The van der Waals surface area contributed by atoms with Gasteiger partial charge in [-0.25, -0.2) is 9.78 Å². The monoisotopic (exact) mass is 308 g/mol. The molecule has 0 spiro atoms. The number of carbonyl (C=O) groups is 1. The van der Waals surface area contributed by atoms with E-state index in [-0.39, 0.29) is 6.03 Å². The Morgan fingerprint density at radius 2 is 2.04 bits per heavy atom. The van der Waals surface area contributed by atoms with Crippen molar-refractivity contribution in [2.24, 2.45) is 0 Å². The van der Waals surface area contributed by atoms with Gasteiger partial charge in [0.2, 0.25) is 0 Å². The van der Waals surface area contributed by atoms with Gasteiger partial charge in [0, 0.05) is 18.7 Å². The van der Waals surface area contributed by atoms with E-state index in [1.807, 2.05) is 55.5 Å². The molecule has 5 heteroatoms. The zero-order valence-electron chi connectivity index (χ0n) is 13.1. The van der Waals surface area contributed by atoms with Crippen molar-refractivity contribution >= 4 is 22.8 Å². The van der Waals surface area contributed by atoms with E-state index in [4.69, 9.17) is 0 Å². The smallest absolute Gasteiger partial charge is 0.319 e. The maximum atomic E-state index is 11.8. The number of aryl methyl sites for hydroxylation is 2. The van der Waals surface area contributed by atoms with E-state index >= 15 is 0 Å². The van der Waals surface area contributed by atoms with Crippen LogP contribution in [0.1, 0.15) is 17.8 Å². The van der Waals surface area contributed by atoms with Crippen molar-refractivity contribution in [1.29, 1.82) is 0 Å². The first-order valence-electron chi connectivity index (χ1n) is 7.76. The second-order valence-corrected chi connectivity index (χ2v) is 5.55. The third-order valence-corrected chi connectivity index (χ3v) is 3.59. The van der Waals surface area contributed by atoms with Crippen LogP contribution in [-0.2, 0) is 6.42 Å². The number of aromatic amines is 1. The molecule has 0 aliphatic rings. The van der Waals surface area contributed by atoms with Crippen LogP contribution >= 0.6 is 0 Å². The normalized spacial score (nSPS) is 10.7. The van der Waals surface area contributed by atoms with Gasteiger partial charge in [-0.2, -0.15) is 0 Å². The van der Waals surface area contributed by atoms with E-state index in [1.165, 1.54) is 0 Å². The second kappa shape index (κ2) is 6.96. The molecule has 0 saturated carbocycles. The van der Waals surface area contributed by atoms with Gasteiger partial charge in [0.05, 0.1) is 11.0 Å². The summed E-state index contributed by atoms with van der Waals surface area (Å²) >= 11 is 0. The van der Waals surface area contributed by atoms with E-state index in [2.05, 4.69) is 20.6 Å². The van der Waals surface area contributed by atoms with Gasteiger partial charge in [0.25, 0.3) is 0 Å². The summed E-state index contributed by atoms with van der Waals surface area (Å²) in [7, 11) is 0. The number of imidazole rings is 1. The van der Waals surface area contributed by atoms with Crippen LogP contribution < -0.4 is 10.6 Å². The molecule has 0 bridgehead atoms. The Hall–Kier alpha value is -2.82. The number of rotatable bonds is 5. The number of anilines is 1. The molecule has 0 saturated heterocycles. The summed E-state index contributed by atoms with van der Waals surface area (Å²) < 4.78 is 0. The Bertz CT molecular complexity index is 776. The van der Waals surface area contributed by atoms with Gasteiger partial charge in [-0.1, -0.05) is 24.3 Å². The summed E-state index contributed by atoms with van der Waals surface area (Å²) in [5.41, 5.74) is 3.95. The Morgan fingerprint density at radius 1 is 1.17 bits per heavy atom. The third-order valence-electron chi connectivity index (χ3n) is 3.59. The first kappa shape index (κ1) is 15.1. The van der Waals surface area contributed by atoms with Crippen LogP contribution in [0.4, 0.5) is 10.5 Å². The van der Waals surface area contributed by atoms with Gasteiger partial charge in [0.1, 0.15) is 5.82 Å². The summed E-state index contributed by atoms with van der Waals surface area (Å²) in [6.45, 7) is 2.60. The van der Waals surface area contributed by atoms with Gasteiger partial charge in [0.15, 0.2) is 0 Å². The zero-order valence-corrected chi connectivity index (χ0v) is 13.1. The first-order chi connectivity index (χ1) is 11.2. The average Bonchev–Trinajstić information content (AvgIpc) is 2.94. The Kier molecular flexibility index (Phi) is 4.57. The molecule has 2 amide bonds. The van der Waals surface area contributed by atoms with Crippen LogP contribution in [0.3, 0.4) is 0 Å². The number of fused-ring (bicyclic) bond motifs is 1. The number of H-pyrrole nitrogens is 1. The molecule has 23 heavy (non-hydrogen) atoms. The predicted molar refractivity (Wildman–Crippen MR) is 92.6 cm³/mol. The number of aromatic nitrogens is 2. The minimum absolute atomic E-state index is 0.180. The van der Waals surface area contributed by atoms with Crippen LogP contribution in [0.2, 0.25) is 0 Å². The van der Waals surface area contributed by atoms with Crippen molar-refractivity contribution in [1.82, 2.24) is 15.3 Å². The number of benzene rings is 2. The summed E-state index contributed by atoms with van der Waals surface area (Å²) in [6.07, 6.45) is 1.64. The SMILES string of the molecule is Cc1cccc(NC(=O)NCCCc2nc3ccccc3[nH]2)c1. The lowest BCUT2D eigenvalue weighted by atomic mass is 10.2. The van der Waals surface area contributed by atoms with Crippen LogP contribution in [0.5, 0.6) is 0 Å². The lowest BCUT2D eigenvalue weighted by molar-refractivity contribution is 0.252. The third kappa shape index (κ3) is 4.10. The molecule has 0 atom stereocenters. The molecule has 1 aromatic heterocycles. The molecule has 0 aliphatic carbocycles. The highest BCUT2D eigenvalue weighted by atomic mass is 16.2. The molecule has 3 rings (SSSR count). The number of urea groups is 1. The van der Waals surface area contributed by atoms with Crippen LogP contribution in [-0.4, -0.2) is 22.5 Å². The molecule has 0 fully saturated rings. The second-order valence-electron chi connectivity index (χ2n) is 5.55. The molecule has 0 radical (unpaired) electrons. The molecule has 118 valence electrons. The quantitative estimate of drug-likeness (QED) is 0.630. The lowest BCUT2D eigenvalue weighted by Crippen LogP contribution is -2.29. The molecule has 0 aliphatic heterocycles. The predicted octanol–water partition coefficient (Wildman–Crippen LogP) is 3.63. The van der Waals surface area contributed by atoms with Crippen LogP contribution in [0.25, 0.3) is 11.0 Å². The Morgan fingerprint density at radius 3 is 2.87 bits per heavy atom. The van der Waals surface area contributed by atoms with Crippen molar-refractivity contribution in [3.05, 3.63) is 59.9 Å². The number of amides is 2. The molecule has 3 N–H and O–H groups in total. The number of carbonyl (C=O) groups excluding carboxylic acids is 1. The van der Waals surface area contributed by atoms with Crippen molar-refractivity contribution in [2.75, 3.05) is 11.9 Å². The molecule has 3 aromatic rings. The first-order valence-corrected chi connectivity index (χ1v) is 7.76. The van der Waals surface area contributed by atoms with Crippen molar-refractivity contribution in [2.45, 2.75) is 19.8 Å². The van der Waals surface area contributed by atoms with Gasteiger partial charge in [-0.15, -0.1) is 0 Å². The Labute approximate surface area is 135 Å². The molecule has 1 heterocycles. The zero-order chi connectivity index (χ0) is 16.1. The van der Waals surface area contributed by atoms with E-state index in [0.29, 0.717) is 6.54 Å². The fourth-order valence-corrected chi connectivity index (χ4v) is 2.48. The van der Waals surface area contributed by atoms with Crippen molar-refractivity contribution < 1.29 is 4.79 Å². The van der Waals surface area contributed by atoms with E-state index in [1.54, 1.807) is 0 Å². The van der Waals surface area contributed by atoms with E-state index in [9.17, 15) is 4.79 Å². The standard InChI is InChI=1S/C18H20N4O/c1-13-6-4-7-14(12-13)20-18(23)19-11-5-10-17-21-15-8-2-3-9-16(15)22-17/h2-4,6-9,12H,5,10-11H2,1H3,(H,21,22)(H2,19,20,23). The lowest BCUT2D eigenvalue weighted by Gasteiger charge is -2.07. The molecule has 5 nitrogen and oxygen atoms in total. The largest absolute Gasteiger partial charge is 0.342 e. The molecule has 2 aromatic carbocycles. The molecular weight excluding hydrogens is 288 g/mol. The number of nitrogens with zero attached hydrogens (tertiary/aromatic N) is 1. The molecule has 0 unspecified atom stereocenters. The minimum Gasteiger partial charge on any atom is -0.342 e. The number of para-hydroxylation sites is 2. The number of hydrogen-bond acceptors (Lipinski definition) is 2. The fraction of sp³-hybridized carbons (Fsp3) is 0.222. The van der Waals surface area contributed by atoms with E-state index in [0.717, 1.165) is 41.0 Å². The fourth-order valence-electron chi connectivity index (χ4n) is 2.48. The highest BCUT2D eigenvalue weighted by molar-refractivity contribution is 5.89. The van der Waals surface area contributed by atoms with Gasteiger partial charge >= 0.3 is 6.03 Å². The number of hydrogen-bond donors (Lipinski definition) is 3. The highest BCUT2D eigenvalue weighted by Crippen LogP contribution is 2.11. The highest BCUT2D eigenvalue weighted by Gasteiger charge is 2.03. The topological polar surface area (TPSA) is 69.8 Å². The van der Waals surface area contributed by atoms with Crippen molar-refractivity contribution in [3.8, 4) is 0 Å². The van der Waals surface area contributed by atoms with Crippen molar-refractivity contribution in [3.63, 3.8) is 0 Å². The summed E-state index contributed by atoms with van der Waals surface area (Å²) in [5, 5.41) is 5.69. The van der Waals surface area contributed by atoms with Crippen LogP contribution in [0, 0.1) is 6.92 Å². The summed E-state index contributed by atoms with van der Waals surface area (Å²) in [4.78, 5) is 19.6. The minimum atomic E-state index is -0.180. The Balaban J connectivity index is 1.43. The van der Waals surface area contributed by atoms with E-state index < -0.39 is 0 Å². The maximum absolute atomic E-state index is 11.8.